The zero-order valence-corrected chi connectivity index (χ0v) is 17.9. The first-order valence-electron chi connectivity index (χ1n) is 10.4. The Morgan fingerprint density at radius 1 is 1.33 bits per heavy atom. The lowest BCUT2D eigenvalue weighted by atomic mass is 10.1. The van der Waals surface area contributed by atoms with Crippen LogP contribution >= 0.6 is 0 Å². The number of aliphatic imine (C=N–C) groups is 1. The van der Waals surface area contributed by atoms with Crippen molar-refractivity contribution in [3.8, 4) is 0 Å². The lowest BCUT2D eigenvalue weighted by Crippen LogP contribution is -2.45. The van der Waals surface area contributed by atoms with Crippen molar-refractivity contribution in [2.75, 3.05) is 31.5 Å². The fraction of sp³-hybridized carbons (Fsp3) is 0.619. The zero-order chi connectivity index (χ0) is 22.1. The van der Waals surface area contributed by atoms with Crippen molar-refractivity contribution in [3.05, 3.63) is 29.8 Å². The Bertz CT molecular complexity index is 721. The van der Waals surface area contributed by atoms with Crippen LogP contribution in [0.25, 0.3) is 0 Å². The van der Waals surface area contributed by atoms with Crippen LogP contribution in [0.3, 0.4) is 0 Å². The van der Waals surface area contributed by atoms with E-state index < -0.39 is 12.7 Å². The molecule has 0 spiro atoms. The Morgan fingerprint density at radius 3 is 2.77 bits per heavy atom. The molecule has 0 radical (unpaired) electrons. The van der Waals surface area contributed by atoms with Crippen LogP contribution in [0.1, 0.15) is 39.2 Å². The number of anilines is 1. The van der Waals surface area contributed by atoms with Gasteiger partial charge in [0.2, 0.25) is 5.91 Å². The fourth-order valence-electron chi connectivity index (χ4n) is 3.36. The molecule has 0 aliphatic carbocycles. The van der Waals surface area contributed by atoms with Gasteiger partial charge in [0.25, 0.3) is 0 Å². The van der Waals surface area contributed by atoms with Gasteiger partial charge in [-0.2, -0.15) is 13.2 Å². The number of carbonyl (C=O) groups excluding carboxylic acids is 1. The number of hydrogen-bond donors (Lipinski definition) is 3. The molecule has 0 bridgehead atoms. The number of nitrogens with one attached hydrogen (secondary N) is 3. The van der Waals surface area contributed by atoms with Gasteiger partial charge in [0.15, 0.2) is 5.96 Å². The summed E-state index contributed by atoms with van der Waals surface area (Å²) in [6, 6.07) is 7.43. The van der Waals surface area contributed by atoms with Crippen LogP contribution in [0, 0.1) is 5.92 Å². The maximum atomic E-state index is 12.6. The average molecular weight is 428 g/mol. The third-order valence-electron chi connectivity index (χ3n) is 4.58. The van der Waals surface area contributed by atoms with Gasteiger partial charge in [-0.3, -0.25) is 9.69 Å². The molecule has 168 valence electrons. The highest BCUT2D eigenvalue weighted by Crippen LogP contribution is 2.20. The number of alkyl halides is 3. The van der Waals surface area contributed by atoms with Gasteiger partial charge >= 0.3 is 6.18 Å². The Hall–Kier alpha value is -2.29. The molecule has 2 rings (SSSR count). The third-order valence-corrected chi connectivity index (χ3v) is 4.58. The summed E-state index contributed by atoms with van der Waals surface area (Å²) in [5.41, 5.74) is 1.66. The topological polar surface area (TPSA) is 68.8 Å². The first kappa shape index (κ1) is 24.0. The maximum Gasteiger partial charge on any atom is 0.401 e. The van der Waals surface area contributed by atoms with Gasteiger partial charge in [-0.15, -0.1) is 0 Å². The quantitative estimate of drug-likeness (QED) is 0.440. The van der Waals surface area contributed by atoms with Gasteiger partial charge in [-0.05, 0) is 37.0 Å². The minimum absolute atomic E-state index is 0.0229. The van der Waals surface area contributed by atoms with Crippen LogP contribution in [0.4, 0.5) is 18.9 Å². The van der Waals surface area contributed by atoms with E-state index in [1.165, 1.54) is 4.90 Å². The molecule has 0 aromatic heterocycles. The average Bonchev–Trinajstić information content (AvgIpc) is 3.04. The number of amides is 1. The first-order valence-corrected chi connectivity index (χ1v) is 10.4. The minimum Gasteiger partial charge on any atom is -0.357 e. The van der Waals surface area contributed by atoms with Crippen LogP contribution in [0.15, 0.2) is 29.3 Å². The van der Waals surface area contributed by atoms with Crippen LogP contribution in [0.5, 0.6) is 0 Å². The molecule has 1 aromatic carbocycles. The van der Waals surface area contributed by atoms with Crippen LogP contribution in [-0.2, 0) is 11.3 Å². The summed E-state index contributed by atoms with van der Waals surface area (Å²) in [5, 5.41) is 9.26. The molecule has 30 heavy (non-hydrogen) atoms. The molecule has 1 heterocycles. The van der Waals surface area contributed by atoms with Crippen molar-refractivity contribution in [3.63, 3.8) is 0 Å². The standard InChI is InChI=1S/C21H32F3N5O/c1-4-25-20(28-18-8-9-29(13-18)14-21(22,23)24)26-12-16-6-5-7-17(11-16)27-19(30)10-15(2)3/h5-7,11,15,18H,4,8-10,12-14H2,1-3H3,(H,27,30)(H2,25,26,28). The molecule has 9 heteroatoms. The van der Waals surface area contributed by atoms with Crippen molar-refractivity contribution in [2.45, 2.75) is 52.4 Å². The number of guanidine groups is 1. The van der Waals surface area contributed by atoms with Crippen molar-refractivity contribution >= 4 is 17.6 Å². The molecule has 6 nitrogen and oxygen atoms in total. The van der Waals surface area contributed by atoms with E-state index in [9.17, 15) is 18.0 Å². The number of hydrogen-bond acceptors (Lipinski definition) is 3. The molecule has 1 fully saturated rings. The molecule has 1 unspecified atom stereocenters. The second-order valence-corrected chi connectivity index (χ2v) is 8.02. The first-order chi connectivity index (χ1) is 14.1. The normalized spacial score (nSPS) is 18.0. The lowest BCUT2D eigenvalue weighted by molar-refractivity contribution is -0.143. The predicted octanol–water partition coefficient (Wildman–Crippen LogP) is 3.36. The van der Waals surface area contributed by atoms with E-state index >= 15 is 0 Å². The van der Waals surface area contributed by atoms with E-state index in [0.29, 0.717) is 45.0 Å². The van der Waals surface area contributed by atoms with Crippen LogP contribution < -0.4 is 16.0 Å². The van der Waals surface area contributed by atoms with E-state index in [-0.39, 0.29) is 17.9 Å². The molecule has 3 N–H and O–H groups in total. The maximum absolute atomic E-state index is 12.6. The predicted molar refractivity (Wildman–Crippen MR) is 113 cm³/mol. The summed E-state index contributed by atoms with van der Waals surface area (Å²) < 4.78 is 37.7. The summed E-state index contributed by atoms with van der Waals surface area (Å²) in [5.74, 6) is 0.838. The molecule has 1 atom stereocenters. The van der Waals surface area contributed by atoms with Gasteiger partial charge in [-0.25, -0.2) is 4.99 Å². The summed E-state index contributed by atoms with van der Waals surface area (Å²) in [7, 11) is 0. The van der Waals surface area contributed by atoms with Gasteiger partial charge in [0, 0.05) is 37.8 Å². The lowest BCUT2D eigenvalue weighted by Gasteiger charge is -2.19. The number of benzene rings is 1. The fourth-order valence-corrected chi connectivity index (χ4v) is 3.36. The largest absolute Gasteiger partial charge is 0.401 e. The number of carbonyl (C=O) groups is 1. The van der Waals surface area contributed by atoms with Crippen molar-refractivity contribution in [1.82, 2.24) is 15.5 Å². The Balaban J connectivity index is 1.93. The molecular weight excluding hydrogens is 395 g/mol. The third kappa shape index (κ3) is 9.02. The van der Waals surface area contributed by atoms with E-state index in [2.05, 4.69) is 20.9 Å². The zero-order valence-electron chi connectivity index (χ0n) is 17.9. The highest BCUT2D eigenvalue weighted by Gasteiger charge is 2.34. The summed E-state index contributed by atoms with van der Waals surface area (Å²) >= 11 is 0. The molecule has 1 amide bonds. The number of nitrogens with zero attached hydrogens (tertiary/aromatic N) is 2. The van der Waals surface area contributed by atoms with Gasteiger partial charge < -0.3 is 16.0 Å². The summed E-state index contributed by atoms with van der Waals surface area (Å²) in [6.07, 6.45) is -3.08. The summed E-state index contributed by atoms with van der Waals surface area (Å²) in [4.78, 5) is 17.9. The summed E-state index contributed by atoms with van der Waals surface area (Å²) in [6.45, 7) is 6.83. The van der Waals surface area contributed by atoms with Crippen LogP contribution in [0.2, 0.25) is 0 Å². The number of likely N-dealkylation sites (tertiary alicyclic amines) is 1. The highest BCUT2D eigenvalue weighted by molar-refractivity contribution is 5.90. The monoisotopic (exact) mass is 427 g/mol. The Labute approximate surface area is 176 Å². The minimum atomic E-state index is -4.18. The van der Waals surface area contributed by atoms with Gasteiger partial charge in [-0.1, -0.05) is 26.0 Å². The van der Waals surface area contributed by atoms with Gasteiger partial charge in [0.05, 0.1) is 13.1 Å². The van der Waals surface area contributed by atoms with E-state index in [4.69, 9.17) is 0 Å². The smallest absolute Gasteiger partial charge is 0.357 e. The molecule has 1 aliphatic heterocycles. The number of rotatable bonds is 8. The Kier molecular flexibility index (Phi) is 8.95. The Morgan fingerprint density at radius 2 is 2.10 bits per heavy atom. The van der Waals surface area contributed by atoms with E-state index in [1.807, 2.05) is 45.0 Å². The molecule has 1 saturated heterocycles. The van der Waals surface area contributed by atoms with Crippen LogP contribution in [-0.4, -0.2) is 55.2 Å². The van der Waals surface area contributed by atoms with E-state index in [0.717, 1.165) is 11.3 Å². The second-order valence-electron chi connectivity index (χ2n) is 8.02. The van der Waals surface area contributed by atoms with Crippen molar-refractivity contribution in [2.24, 2.45) is 10.9 Å². The van der Waals surface area contributed by atoms with E-state index in [1.54, 1.807) is 0 Å². The van der Waals surface area contributed by atoms with Crippen molar-refractivity contribution < 1.29 is 18.0 Å². The second kappa shape index (κ2) is 11.2. The van der Waals surface area contributed by atoms with Crippen molar-refractivity contribution in [1.29, 1.82) is 0 Å². The molecule has 0 saturated carbocycles. The highest BCUT2D eigenvalue weighted by atomic mass is 19.4. The molecule has 1 aromatic rings. The number of halogens is 3. The molecular formula is C21H32F3N5O. The SMILES string of the molecule is CCNC(=NCc1cccc(NC(=O)CC(C)C)c1)NC1CCN(CC(F)(F)F)C1. The molecule has 1 aliphatic rings. The van der Waals surface area contributed by atoms with Gasteiger partial charge in [0.1, 0.15) is 0 Å².